The molecule has 1 aromatic rings. The number of anilines is 1. The summed E-state index contributed by atoms with van der Waals surface area (Å²) in [6, 6.07) is 6.74. The van der Waals surface area contributed by atoms with Gasteiger partial charge < -0.3 is 14.7 Å². The van der Waals surface area contributed by atoms with Crippen molar-refractivity contribution in [2.75, 3.05) is 38.1 Å². The maximum atomic E-state index is 13.2. The number of benzene rings is 1. The Morgan fingerprint density at radius 1 is 0.938 bits per heavy atom. The molecular formula is C28H31N3O. The highest BCUT2D eigenvalue weighted by Gasteiger charge is 2.21. The minimum atomic E-state index is 0.215. The number of carbonyl (C=O) groups excluding carboxylic acids is 1. The monoisotopic (exact) mass is 425 g/mol. The van der Waals surface area contributed by atoms with Gasteiger partial charge in [-0.15, -0.1) is 0 Å². The molecular weight excluding hydrogens is 394 g/mol. The van der Waals surface area contributed by atoms with Crippen LogP contribution in [-0.4, -0.2) is 48.8 Å². The molecule has 1 aliphatic carbocycles. The second kappa shape index (κ2) is 8.79. The Morgan fingerprint density at radius 2 is 1.84 bits per heavy atom. The van der Waals surface area contributed by atoms with Gasteiger partial charge in [-0.25, -0.2) is 0 Å². The van der Waals surface area contributed by atoms with Gasteiger partial charge in [0.15, 0.2) is 5.78 Å². The lowest BCUT2D eigenvalue weighted by Gasteiger charge is -2.24. The molecule has 4 heteroatoms. The third-order valence-corrected chi connectivity index (χ3v) is 6.72. The van der Waals surface area contributed by atoms with Crippen LogP contribution in [0.1, 0.15) is 30.9 Å². The highest BCUT2D eigenvalue weighted by atomic mass is 16.1. The van der Waals surface area contributed by atoms with E-state index in [1.54, 1.807) is 0 Å². The lowest BCUT2D eigenvalue weighted by atomic mass is 9.99. The zero-order chi connectivity index (χ0) is 22.1. The standard InChI is InChI=1S/C28H31N3O/c1-21-7-10-25-6-3-5-24(20-31(25)19-21)27-18-23-8-11-26(17-22(23)9-12-28(27)32)30-14-4-13-29(2)15-16-30/h3,5-8,10-11,17-20H,4,9,12-16H2,1-2H3. The van der Waals surface area contributed by atoms with Crippen molar-refractivity contribution in [1.82, 2.24) is 9.80 Å². The quantitative estimate of drug-likeness (QED) is 0.677. The molecule has 0 N–H and O–H groups in total. The number of carbonyl (C=O) groups is 1. The molecule has 1 saturated heterocycles. The van der Waals surface area contributed by atoms with E-state index in [9.17, 15) is 4.79 Å². The van der Waals surface area contributed by atoms with Gasteiger partial charge in [0.2, 0.25) is 0 Å². The maximum absolute atomic E-state index is 13.2. The minimum absolute atomic E-state index is 0.215. The fraction of sp³-hybridized carbons (Fsp3) is 0.321. The molecule has 0 unspecified atom stereocenters. The highest BCUT2D eigenvalue weighted by Crippen LogP contribution is 2.31. The second-order valence-electron chi connectivity index (χ2n) is 9.16. The Balaban J connectivity index is 1.46. The van der Waals surface area contributed by atoms with Crippen molar-refractivity contribution >= 4 is 17.5 Å². The summed E-state index contributed by atoms with van der Waals surface area (Å²) in [6.45, 7) is 6.48. The molecule has 0 atom stereocenters. The van der Waals surface area contributed by atoms with Gasteiger partial charge in [-0.05, 0) is 80.4 Å². The first-order valence-electron chi connectivity index (χ1n) is 11.6. The average Bonchev–Trinajstić information content (AvgIpc) is 3.20. The van der Waals surface area contributed by atoms with Gasteiger partial charge in [-0.1, -0.05) is 24.3 Å². The van der Waals surface area contributed by atoms with Crippen molar-refractivity contribution in [3.05, 3.63) is 94.5 Å². The molecule has 4 nitrogen and oxygen atoms in total. The van der Waals surface area contributed by atoms with Crippen LogP contribution in [0.15, 0.2) is 83.4 Å². The number of fused-ring (bicyclic) bond motifs is 2. The second-order valence-corrected chi connectivity index (χ2v) is 9.16. The molecule has 0 radical (unpaired) electrons. The van der Waals surface area contributed by atoms with Crippen LogP contribution in [0.5, 0.6) is 0 Å². The van der Waals surface area contributed by atoms with Gasteiger partial charge in [0.1, 0.15) is 0 Å². The van der Waals surface area contributed by atoms with E-state index in [-0.39, 0.29) is 5.78 Å². The van der Waals surface area contributed by atoms with Crippen molar-refractivity contribution in [2.24, 2.45) is 0 Å². The molecule has 164 valence electrons. The fourth-order valence-corrected chi connectivity index (χ4v) is 4.81. The van der Waals surface area contributed by atoms with Crippen molar-refractivity contribution in [3.8, 4) is 0 Å². The van der Waals surface area contributed by atoms with Gasteiger partial charge in [0.05, 0.1) is 0 Å². The van der Waals surface area contributed by atoms with E-state index in [2.05, 4.69) is 89.7 Å². The number of Topliss-reactive ketones (excluding diaryl/α,β-unsaturated/α-hetero) is 1. The smallest absolute Gasteiger partial charge is 0.163 e. The Labute approximate surface area is 191 Å². The highest BCUT2D eigenvalue weighted by molar-refractivity contribution is 6.05. The third kappa shape index (κ3) is 4.28. The van der Waals surface area contributed by atoms with Crippen molar-refractivity contribution in [2.45, 2.75) is 26.2 Å². The van der Waals surface area contributed by atoms with E-state index >= 15 is 0 Å². The summed E-state index contributed by atoms with van der Waals surface area (Å²) in [6.07, 6.45) is 19.2. The van der Waals surface area contributed by atoms with Crippen molar-refractivity contribution in [1.29, 1.82) is 0 Å². The maximum Gasteiger partial charge on any atom is 0.163 e. The molecule has 0 aromatic heterocycles. The Morgan fingerprint density at radius 3 is 2.75 bits per heavy atom. The van der Waals surface area contributed by atoms with Gasteiger partial charge in [0, 0.05) is 61.0 Å². The number of ketones is 1. The van der Waals surface area contributed by atoms with Crippen LogP contribution < -0.4 is 4.90 Å². The Hall–Kier alpha value is -3.11. The van der Waals surface area contributed by atoms with Crippen LogP contribution >= 0.6 is 0 Å². The summed E-state index contributed by atoms with van der Waals surface area (Å²) < 4.78 is 0. The summed E-state index contributed by atoms with van der Waals surface area (Å²) in [7, 11) is 2.20. The van der Waals surface area contributed by atoms with Crippen LogP contribution in [-0.2, 0) is 11.2 Å². The van der Waals surface area contributed by atoms with Crippen LogP contribution in [0, 0.1) is 0 Å². The molecule has 0 spiro atoms. The van der Waals surface area contributed by atoms with E-state index in [4.69, 9.17) is 0 Å². The largest absolute Gasteiger partial charge is 0.370 e. The van der Waals surface area contributed by atoms with Gasteiger partial charge in [0.25, 0.3) is 0 Å². The molecule has 32 heavy (non-hydrogen) atoms. The average molecular weight is 426 g/mol. The molecule has 0 bridgehead atoms. The van der Waals surface area contributed by atoms with Crippen LogP contribution in [0.3, 0.4) is 0 Å². The molecule has 3 heterocycles. The first kappa shape index (κ1) is 20.8. The third-order valence-electron chi connectivity index (χ3n) is 6.72. The number of aryl methyl sites for hydroxylation is 1. The summed E-state index contributed by atoms with van der Waals surface area (Å²) in [5, 5.41) is 0. The summed E-state index contributed by atoms with van der Waals surface area (Å²) in [5.74, 6) is 0.215. The molecule has 3 aliphatic heterocycles. The molecule has 1 aromatic carbocycles. The first-order chi connectivity index (χ1) is 15.6. The number of hydrogen-bond acceptors (Lipinski definition) is 4. The van der Waals surface area contributed by atoms with Gasteiger partial charge >= 0.3 is 0 Å². The first-order valence-corrected chi connectivity index (χ1v) is 11.6. The normalized spacial score (nSPS) is 21.5. The summed E-state index contributed by atoms with van der Waals surface area (Å²) in [5.41, 5.74) is 7.80. The molecule has 0 amide bonds. The van der Waals surface area contributed by atoms with Gasteiger partial charge in [-0.2, -0.15) is 0 Å². The van der Waals surface area contributed by atoms with E-state index in [0.29, 0.717) is 6.42 Å². The summed E-state index contributed by atoms with van der Waals surface area (Å²) >= 11 is 0. The number of likely N-dealkylation sites (N-methyl/N-ethyl adjacent to an activating group) is 1. The lowest BCUT2D eigenvalue weighted by molar-refractivity contribution is -0.115. The molecule has 5 rings (SSSR count). The van der Waals surface area contributed by atoms with E-state index in [0.717, 1.165) is 49.4 Å². The van der Waals surface area contributed by atoms with E-state index in [1.807, 2.05) is 6.08 Å². The van der Waals surface area contributed by atoms with Crippen LogP contribution in [0.25, 0.3) is 6.08 Å². The van der Waals surface area contributed by atoms with Gasteiger partial charge in [-0.3, -0.25) is 4.79 Å². The van der Waals surface area contributed by atoms with E-state index in [1.165, 1.54) is 28.8 Å². The Bertz CT molecular complexity index is 1120. The van der Waals surface area contributed by atoms with Crippen molar-refractivity contribution in [3.63, 3.8) is 0 Å². The lowest BCUT2D eigenvalue weighted by Crippen LogP contribution is -2.28. The van der Waals surface area contributed by atoms with E-state index < -0.39 is 0 Å². The molecule has 0 saturated carbocycles. The number of allylic oxidation sites excluding steroid dienone is 8. The zero-order valence-electron chi connectivity index (χ0n) is 19.1. The topological polar surface area (TPSA) is 26.8 Å². The predicted molar refractivity (Wildman–Crippen MR) is 132 cm³/mol. The predicted octanol–water partition coefficient (Wildman–Crippen LogP) is 4.84. The SMILES string of the molecule is CC1=CN2C=C(C3=Cc4ccc(N5CCCN(C)CC5)cc4CCC3=O)C=CC=C2C=C1. The van der Waals surface area contributed by atoms with Crippen LogP contribution in [0.2, 0.25) is 0 Å². The number of nitrogens with zero attached hydrogens (tertiary/aromatic N) is 3. The minimum Gasteiger partial charge on any atom is -0.370 e. The molecule has 4 aliphatic rings. The molecule has 1 fully saturated rings. The summed E-state index contributed by atoms with van der Waals surface area (Å²) in [4.78, 5) is 20.2. The van der Waals surface area contributed by atoms with Crippen molar-refractivity contribution < 1.29 is 4.79 Å². The van der Waals surface area contributed by atoms with Crippen LogP contribution in [0.4, 0.5) is 5.69 Å². The Kier molecular flexibility index (Phi) is 5.71. The zero-order valence-corrected chi connectivity index (χ0v) is 19.1. The fourth-order valence-electron chi connectivity index (χ4n) is 4.81. The number of rotatable bonds is 2. The number of hydrogen-bond donors (Lipinski definition) is 0.